The molecule has 0 saturated carbocycles. The number of amides is 1. The van der Waals surface area contributed by atoms with Crippen molar-refractivity contribution in [3.63, 3.8) is 0 Å². The van der Waals surface area contributed by atoms with Gasteiger partial charge in [0.25, 0.3) is 6.43 Å². The van der Waals surface area contributed by atoms with E-state index < -0.39 is 12.5 Å². The molecule has 1 amide bonds. The van der Waals surface area contributed by atoms with Gasteiger partial charge in [-0.1, -0.05) is 29.8 Å². The van der Waals surface area contributed by atoms with Crippen molar-refractivity contribution in [3.8, 4) is 0 Å². The van der Waals surface area contributed by atoms with Crippen molar-refractivity contribution in [2.45, 2.75) is 38.3 Å². The van der Waals surface area contributed by atoms with Crippen LogP contribution in [0.3, 0.4) is 0 Å². The van der Waals surface area contributed by atoms with E-state index in [1.54, 1.807) is 40.0 Å². The van der Waals surface area contributed by atoms with Gasteiger partial charge in [0.2, 0.25) is 5.91 Å². The molecular weight excluding hydrogens is 400 g/mol. The van der Waals surface area contributed by atoms with Crippen LogP contribution in [-0.2, 0) is 17.6 Å². The predicted molar refractivity (Wildman–Crippen MR) is 105 cm³/mol. The van der Waals surface area contributed by atoms with Crippen LogP contribution in [0.4, 0.5) is 8.78 Å². The average Bonchev–Trinajstić information content (AvgIpc) is 3.18. The molecule has 3 heterocycles. The molecule has 4 rings (SSSR count). The maximum absolute atomic E-state index is 13.1. The first kappa shape index (κ1) is 19.8. The number of benzene rings is 1. The summed E-state index contributed by atoms with van der Waals surface area (Å²) < 4.78 is 27.7. The van der Waals surface area contributed by atoms with Gasteiger partial charge in [0.1, 0.15) is 6.10 Å². The van der Waals surface area contributed by atoms with Gasteiger partial charge in [0.05, 0.1) is 18.0 Å². The van der Waals surface area contributed by atoms with Crippen molar-refractivity contribution >= 4 is 23.0 Å². The fourth-order valence-corrected chi connectivity index (χ4v) is 4.33. The molecule has 1 N–H and O–H groups in total. The lowest BCUT2D eigenvalue weighted by Crippen LogP contribution is -2.40. The quantitative estimate of drug-likeness (QED) is 0.696. The Morgan fingerprint density at radius 1 is 1.34 bits per heavy atom. The highest BCUT2D eigenvalue weighted by molar-refractivity contribution is 6.32. The number of aliphatic hydroxyl groups excluding tert-OH is 1. The lowest BCUT2D eigenvalue weighted by molar-refractivity contribution is -0.133. The second kappa shape index (κ2) is 7.72. The number of hydrogen-bond acceptors (Lipinski definition) is 3. The molecule has 1 unspecified atom stereocenters. The largest absolute Gasteiger partial charge is 0.382 e. The highest BCUT2D eigenvalue weighted by Crippen LogP contribution is 2.36. The average molecular weight is 420 g/mol. The van der Waals surface area contributed by atoms with Crippen molar-refractivity contribution < 1.29 is 18.7 Å². The summed E-state index contributed by atoms with van der Waals surface area (Å²) in [6, 6.07) is 8.22. The lowest BCUT2D eigenvalue weighted by atomic mass is 9.87. The Balaban J connectivity index is 1.62. The third-order valence-electron chi connectivity index (χ3n) is 5.60. The molecule has 0 spiro atoms. The number of carbonyl (C=O) groups is 1. The van der Waals surface area contributed by atoms with Crippen LogP contribution in [0, 0.1) is 0 Å². The second-order valence-electron chi connectivity index (χ2n) is 7.19. The van der Waals surface area contributed by atoms with Crippen LogP contribution < -0.4 is 0 Å². The fourth-order valence-electron chi connectivity index (χ4n) is 4.11. The maximum atomic E-state index is 13.1. The Kier molecular flexibility index (Phi) is 5.27. The van der Waals surface area contributed by atoms with E-state index in [4.69, 9.17) is 11.6 Å². The third-order valence-corrected chi connectivity index (χ3v) is 5.96. The summed E-state index contributed by atoms with van der Waals surface area (Å²) in [5, 5.41) is 14.5. The summed E-state index contributed by atoms with van der Waals surface area (Å²) in [6.45, 7) is 2.26. The van der Waals surface area contributed by atoms with Gasteiger partial charge >= 0.3 is 0 Å². The minimum Gasteiger partial charge on any atom is -0.382 e. The molecule has 152 valence electrons. The Bertz CT molecular complexity index is 1070. The van der Waals surface area contributed by atoms with E-state index in [2.05, 4.69) is 5.10 Å². The first-order chi connectivity index (χ1) is 13.9. The van der Waals surface area contributed by atoms with Crippen LogP contribution in [-0.4, -0.2) is 38.5 Å². The Hall–Kier alpha value is -2.51. The first-order valence-corrected chi connectivity index (χ1v) is 9.74. The van der Waals surface area contributed by atoms with E-state index in [0.717, 1.165) is 11.1 Å². The molecule has 0 fully saturated rings. The highest BCUT2D eigenvalue weighted by atomic mass is 35.5. The summed E-state index contributed by atoms with van der Waals surface area (Å²) in [5.41, 5.74) is 3.21. The van der Waals surface area contributed by atoms with Crippen molar-refractivity contribution in [1.29, 1.82) is 0 Å². The molecule has 2 aromatic heterocycles. The Labute approximate surface area is 171 Å². The molecule has 2 atom stereocenters. The normalized spacial score (nSPS) is 17.6. The summed E-state index contributed by atoms with van der Waals surface area (Å²) in [5.74, 6) is -0.0980. The molecule has 1 aromatic carbocycles. The zero-order valence-electron chi connectivity index (χ0n) is 15.7. The van der Waals surface area contributed by atoms with E-state index in [1.807, 2.05) is 13.0 Å². The van der Waals surface area contributed by atoms with Crippen molar-refractivity contribution in [2.24, 2.45) is 0 Å². The molecule has 1 aliphatic rings. The summed E-state index contributed by atoms with van der Waals surface area (Å²) in [6.07, 6.45) is -0.757. The van der Waals surface area contributed by atoms with Crippen molar-refractivity contribution in [3.05, 3.63) is 70.0 Å². The number of aliphatic hydroxyl groups is 1. The minimum atomic E-state index is -2.85. The fraction of sp³-hybridized carbons (Fsp3) is 0.333. The van der Waals surface area contributed by atoms with Crippen LogP contribution in [0.5, 0.6) is 0 Å². The molecule has 0 saturated heterocycles. The van der Waals surface area contributed by atoms with Crippen LogP contribution in [0.1, 0.15) is 41.3 Å². The third kappa shape index (κ3) is 3.49. The van der Waals surface area contributed by atoms with Gasteiger partial charge in [0, 0.05) is 29.5 Å². The van der Waals surface area contributed by atoms with Gasteiger partial charge in [-0.3, -0.25) is 4.79 Å². The van der Waals surface area contributed by atoms with Gasteiger partial charge in [0.15, 0.2) is 0 Å². The van der Waals surface area contributed by atoms with E-state index >= 15 is 0 Å². The predicted octanol–water partition coefficient (Wildman–Crippen LogP) is 3.97. The minimum absolute atomic E-state index is 0.0980. The smallest absolute Gasteiger partial charge is 0.268 e. The molecular formula is C21H20ClF2N3O2. The number of aromatic nitrogens is 2. The number of alkyl halides is 2. The van der Waals surface area contributed by atoms with Gasteiger partial charge in [-0.25, -0.2) is 13.3 Å². The Morgan fingerprint density at radius 2 is 2.14 bits per heavy atom. The number of fused-ring (bicyclic) bond motifs is 2. The molecule has 0 bridgehead atoms. The van der Waals surface area contributed by atoms with E-state index in [9.17, 15) is 18.7 Å². The van der Waals surface area contributed by atoms with E-state index in [-0.39, 0.29) is 23.9 Å². The summed E-state index contributed by atoms with van der Waals surface area (Å²) in [4.78, 5) is 14.8. The monoisotopic (exact) mass is 419 g/mol. The SMILES string of the molecule is C[C@H]1c2cccc(C(O)C(F)F)c2CCN1C(=O)Cc1c(Cl)ccn2nccc12. The molecule has 0 aliphatic carbocycles. The molecule has 8 heteroatoms. The number of rotatable bonds is 4. The molecule has 0 radical (unpaired) electrons. The van der Waals surface area contributed by atoms with Crippen LogP contribution in [0.15, 0.2) is 42.7 Å². The van der Waals surface area contributed by atoms with E-state index in [0.29, 0.717) is 29.1 Å². The lowest BCUT2D eigenvalue weighted by Gasteiger charge is -2.37. The molecule has 5 nitrogen and oxygen atoms in total. The summed E-state index contributed by atoms with van der Waals surface area (Å²) in [7, 11) is 0. The second-order valence-corrected chi connectivity index (χ2v) is 7.59. The van der Waals surface area contributed by atoms with Gasteiger partial charge in [-0.2, -0.15) is 5.10 Å². The number of hydrogen-bond donors (Lipinski definition) is 1. The van der Waals surface area contributed by atoms with Crippen LogP contribution in [0.25, 0.3) is 5.52 Å². The summed E-state index contributed by atoms with van der Waals surface area (Å²) >= 11 is 6.34. The Morgan fingerprint density at radius 3 is 2.90 bits per heavy atom. The van der Waals surface area contributed by atoms with Gasteiger partial charge in [-0.15, -0.1) is 0 Å². The maximum Gasteiger partial charge on any atom is 0.268 e. The van der Waals surface area contributed by atoms with Gasteiger partial charge in [-0.05, 0) is 42.2 Å². The zero-order chi connectivity index (χ0) is 20.7. The molecule has 1 aliphatic heterocycles. The van der Waals surface area contributed by atoms with Crippen LogP contribution in [0.2, 0.25) is 5.02 Å². The highest BCUT2D eigenvalue weighted by Gasteiger charge is 2.32. The molecule has 29 heavy (non-hydrogen) atoms. The topological polar surface area (TPSA) is 57.8 Å². The van der Waals surface area contributed by atoms with Gasteiger partial charge < -0.3 is 10.0 Å². The number of halogens is 3. The van der Waals surface area contributed by atoms with Crippen LogP contribution >= 0.6 is 11.6 Å². The van der Waals surface area contributed by atoms with Crippen molar-refractivity contribution in [2.75, 3.05) is 6.54 Å². The number of nitrogens with zero attached hydrogens (tertiary/aromatic N) is 3. The van der Waals surface area contributed by atoms with Crippen molar-refractivity contribution in [1.82, 2.24) is 14.5 Å². The number of pyridine rings is 1. The standard InChI is InChI=1S/C21H20ClF2N3O2/c1-12-13-3-2-4-15(20(29)21(23)24)14(13)6-9-26(12)19(28)11-16-17(22)7-10-27-18(16)5-8-25-27/h2-5,7-8,10,12,20-21,29H,6,9,11H2,1H3/t12-,20?/m0/s1. The number of carbonyl (C=O) groups excluding carboxylic acids is 1. The van der Waals surface area contributed by atoms with E-state index in [1.165, 1.54) is 6.07 Å². The zero-order valence-corrected chi connectivity index (χ0v) is 16.5. The molecule has 3 aromatic rings. The first-order valence-electron chi connectivity index (χ1n) is 9.36.